The molecule has 20 heavy (non-hydrogen) atoms. The van der Waals surface area contributed by atoms with E-state index < -0.39 is 4.92 Å². The van der Waals surface area contributed by atoms with E-state index in [4.69, 9.17) is 4.74 Å². The van der Waals surface area contributed by atoms with E-state index in [1.807, 2.05) is 11.8 Å². The molecule has 0 aromatic heterocycles. The molecule has 1 amide bonds. The molecule has 0 aliphatic carbocycles. The van der Waals surface area contributed by atoms with E-state index in [-0.39, 0.29) is 17.6 Å². The first-order valence-electron chi connectivity index (χ1n) is 6.47. The van der Waals surface area contributed by atoms with Gasteiger partial charge in [-0.15, -0.1) is 0 Å². The van der Waals surface area contributed by atoms with Crippen LogP contribution >= 0.6 is 0 Å². The normalized spacial score (nSPS) is 19.4. The van der Waals surface area contributed by atoms with Gasteiger partial charge in [-0.25, -0.2) is 0 Å². The summed E-state index contributed by atoms with van der Waals surface area (Å²) in [5, 5.41) is 13.4. The Morgan fingerprint density at radius 1 is 1.55 bits per heavy atom. The van der Waals surface area contributed by atoms with Crippen molar-refractivity contribution >= 4 is 11.6 Å². The van der Waals surface area contributed by atoms with Crippen LogP contribution in [-0.4, -0.2) is 48.0 Å². The fourth-order valence-electron chi connectivity index (χ4n) is 2.10. The number of rotatable bonds is 5. The maximum absolute atomic E-state index is 11.5. The van der Waals surface area contributed by atoms with E-state index in [9.17, 15) is 14.9 Å². The highest BCUT2D eigenvalue weighted by molar-refractivity contribution is 5.81. The molecule has 1 N–H and O–H groups in total. The average molecular weight is 279 g/mol. The lowest BCUT2D eigenvalue weighted by Gasteiger charge is -2.32. The topological polar surface area (TPSA) is 84.7 Å². The summed E-state index contributed by atoms with van der Waals surface area (Å²) < 4.78 is 5.51. The molecule has 0 bridgehead atoms. The molecule has 0 spiro atoms. The molecule has 1 aromatic rings. The lowest BCUT2D eigenvalue weighted by molar-refractivity contribution is -0.384. The average Bonchev–Trinajstić information content (AvgIpc) is 2.44. The van der Waals surface area contributed by atoms with Crippen molar-refractivity contribution in [1.82, 2.24) is 10.2 Å². The van der Waals surface area contributed by atoms with E-state index in [0.717, 1.165) is 6.54 Å². The van der Waals surface area contributed by atoms with Gasteiger partial charge in [0.25, 0.3) is 5.69 Å². The van der Waals surface area contributed by atoms with Crippen molar-refractivity contribution in [3.05, 3.63) is 34.4 Å². The number of nitro benzene ring substituents is 1. The molecule has 1 saturated heterocycles. The van der Waals surface area contributed by atoms with Gasteiger partial charge in [-0.3, -0.25) is 19.8 Å². The van der Waals surface area contributed by atoms with Gasteiger partial charge in [0.15, 0.2) is 0 Å². The Morgan fingerprint density at radius 2 is 2.35 bits per heavy atom. The highest BCUT2D eigenvalue weighted by Gasteiger charge is 2.24. The van der Waals surface area contributed by atoms with E-state index in [1.54, 1.807) is 12.1 Å². The molecule has 7 heteroatoms. The largest absolute Gasteiger partial charge is 0.492 e. The van der Waals surface area contributed by atoms with Crippen LogP contribution in [0.1, 0.15) is 6.92 Å². The molecule has 1 aliphatic heterocycles. The molecular weight excluding hydrogens is 262 g/mol. The van der Waals surface area contributed by atoms with Gasteiger partial charge >= 0.3 is 0 Å². The fourth-order valence-corrected chi connectivity index (χ4v) is 2.10. The number of hydrogen-bond donors (Lipinski definition) is 1. The molecule has 2 rings (SSSR count). The smallest absolute Gasteiger partial charge is 0.273 e. The molecule has 1 aromatic carbocycles. The predicted molar refractivity (Wildman–Crippen MR) is 72.6 cm³/mol. The number of nitro groups is 1. The maximum atomic E-state index is 11.5. The molecule has 7 nitrogen and oxygen atoms in total. The first kappa shape index (κ1) is 14.3. The molecule has 0 saturated carbocycles. The molecule has 1 heterocycles. The molecule has 1 aliphatic rings. The van der Waals surface area contributed by atoms with Crippen LogP contribution in [0.3, 0.4) is 0 Å². The molecule has 0 unspecified atom stereocenters. The summed E-state index contributed by atoms with van der Waals surface area (Å²) in [4.78, 5) is 23.7. The third kappa shape index (κ3) is 3.45. The molecule has 1 fully saturated rings. The van der Waals surface area contributed by atoms with Crippen molar-refractivity contribution in [3.63, 3.8) is 0 Å². The van der Waals surface area contributed by atoms with Crippen LogP contribution in [0, 0.1) is 10.1 Å². The van der Waals surface area contributed by atoms with Crippen molar-refractivity contribution in [3.8, 4) is 5.75 Å². The summed E-state index contributed by atoms with van der Waals surface area (Å²) in [6.07, 6.45) is 0. The summed E-state index contributed by atoms with van der Waals surface area (Å²) in [6, 6.07) is 5.91. The third-order valence-corrected chi connectivity index (χ3v) is 3.30. The SMILES string of the molecule is C[C@@H]1C(=O)NCCN1CCOc1cccc([N+](=O)[O-])c1. The minimum Gasteiger partial charge on any atom is -0.492 e. The van der Waals surface area contributed by atoms with Crippen LogP contribution in [0.25, 0.3) is 0 Å². The van der Waals surface area contributed by atoms with Crippen LogP contribution < -0.4 is 10.1 Å². The van der Waals surface area contributed by atoms with E-state index in [0.29, 0.717) is 25.4 Å². The number of nitrogens with zero attached hydrogens (tertiary/aromatic N) is 2. The minimum atomic E-state index is -0.454. The Hall–Kier alpha value is -2.15. The van der Waals surface area contributed by atoms with E-state index in [1.165, 1.54) is 12.1 Å². The van der Waals surface area contributed by atoms with Gasteiger partial charge in [-0.05, 0) is 13.0 Å². The van der Waals surface area contributed by atoms with Gasteiger partial charge in [-0.2, -0.15) is 0 Å². The number of hydrogen-bond acceptors (Lipinski definition) is 5. The van der Waals surface area contributed by atoms with Gasteiger partial charge in [0.1, 0.15) is 12.4 Å². The maximum Gasteiger partial charge on any atom is 0.273 e. The number of amides is 1. The summed E-state index contributed by atoms with van der Waals surface area (Å²) >= 11 is 0. The van der Waals surface area contributed by atoms with E-state index >= 15 is 0 Å². The summed E-state index contributed by atoms with van der Waals surface area (Å²) in [6.45, 7) is 4.27. The number of carbonyl (C=O) groups is 1. The minimum absolute atomic E-state index is 0.00761. The van der Waals surface area contributed by atoms with Crippen LogP contribution in [0.4, 0.5) is 5.69 Å². The molecule has 1 atom stereocenters. The fraction of sp³-hybridized carbons (Fsp3) is 0.462. The van der Waals surface area contributed by atoms with Gasteiger partial charge in [-0.1, -0.05) is 6.07 Å². The van der Waals surface area contributed by atoms with Gasteiger partial charge < -0.3 is 10.1 Å². The second-order valence-corrected chi connectivity index (χ2v) is 4.61. The quantitative estimate of drug-likeness (QED) is 0.636. The highest BCUT2D eigenvalue weighted by Crippen LogP contribution is 2.19. The van der Waals surface area contributed by atoms with Crippen LogP contribution in [0.15, 0.2) is 24.3 Å². The zero-order chi connectivity index (χ0) is 14.5. The lowest BCUT2D eigenvalue weighted by atomic mass is 10.2. The Balaban J connectivity index is 1.85. The molecular formula is C13H17N3O4. The number of non-ortho nitro benzene ring substituents is 1. The van der Waals surface area contributed by atoms with Crippen LogP contribution in [0.2, 0.25) is 0 Å². The van der Waals surface area contributed by atoms with Crippen molar-refractivity contribution in [2.45, 2.75) is 13.0 Å². The number of piperazine rings is 1. The summed E-state index contributed by atoms with van der Waals surface area (Å²) in [5.41, 5.74) is 0.00761. The van der Waals surface area contributed by atoms with Crippen molar-refractivity contribution < 1.29 is 14.5 Å². The monoisotopic (exact) mass is 279 g/mol. The summed E-state index contributed by atoms with van der Waals surface area (Å²) in [7, 11) is 0. The number of carbonyl (C=O) groups excluding carboxylic acids is 1. The van der Waals surface area contributed by atoms with Crippen molar-refractivity contribution in [2.24, 2.45) is 0 Å². The standard InChI is InChI=1S/C13H17N3O4/c1-10-13(17)14-5-6-15(10)7-8-20-12-4-2-3-11(9-12)16(18)19/h2-4,9-10H,5-8H2,1H3,(H,14,17)/t10-/m1/s1. The zero-order valence-corrected chi connectivity index (χ0v) is 11.2. The Morgan fingerprint density at radius 3 is 3.10 bits per heavy atom. The first-order valence-corrected chi connectivity index (χ1v) is 6.47. The van der Waals surface area contributed by atoms with Gasteiger partial charge in [0.05, 0.1) is 17.0 Å². The number of nitrogens with one attached hydrogen (secondary N) is 1. The third-order valence-electron chi connectivity index (χ3n) is 3.30. The Labute approximate surface area is 116 Å². The lowest BCUT2D eigenvalue weighted by Crippen LogP contribution is -2.54. The number of ether oxygens (including phenoxy) is 1. The molecule has 108 valence electrons. The van der Waals surface area contributed by atoms with Gasteiger partial charge in [0.2, 0.25) is 5.91 Å². The predicted octanol–water partition coefficient (Wildman–Crippen LogP) is 0.794. The second-order valence-electron chi connectivity index (χ2n) is 4.61. The summed E-state index contributed by atoms with van der Waals surface area (Å²) in [5.74, 6) is 0.486. The van der Waals surface area contributed by atoms with E-state index in [2.05, 4.69) is 5.32 Å². The zero-order valence-electron chi connectivity index (χ0n) is 11.2. The van der Waals surface area contributed by atoms with Gasteiger partial charge in [0, 0.05) is 25.7 Å². The molecule has 0 radical (unpaired) electrons. The Kier molecular flexibility index (Phi) is 4.52. The second kappa shape index (κ2) is 6.33. The Bertz CT molecular complexity index is 506. The van der Waals surface area contributed by atoms with Crippen molar-refractivity contribution in [2.75, 3.05) is 26.2 Å². The van der Waals surface area contributed by atoms with Crippen LogP contribution in [0.5, 0.6) is 5.75 Å². The number of benzene rings is 1. The van der Waals surface area contributed by atoms with Crippen LogP contribution in [-0.2, 0) is 4.79 Å². The highest BCUT2D eigenvalue weighted by atomic mass is 16.6. The van der Waals surface area contributed by atoms with Crippen molar-refractivity contribution in [1.29, 1.82) is 0 Å². The first-order chi connectivity index (χ1) is 9.58.